The van der Waals surface area contributed by atoms with Crippen LogP contribution in [0.4, 0.5) is 0 Å². The number of benzene rings is 2. The summed E-state index contributed by atoms with van der Waals surface area (Å²) in [6.07, 6.45) is -12.9. The van der Waals surface area contributed by atoms with Crippen molar-refractivity contribution in [1.82, 2.24) is 0 Å². The van der Waals surface area contributed by atoms with Crippen molar-refractivity contribution >= 4 is 5.97 Å². The number of aliphatic hydroxyl groups excluding tert-OH is 5. The molecule has 1 unspecified atom stereocenters. The van der Waals surface area contributed by atoms with Gasteiger partial charge in [0.2, 0.25) is 0 Å². The number of carbonyl (C=O) groups is 1. The molecule has 202 valence electrons. The summed E-state index contributed by atoms with van der Waals surface area (Å²) < 4.78 is 27.5. The SMILES string of the molecule is O=C(O[C@@H]1[C@@H](O)[C@H](OCc2ccccc2)O[C@H](COC2OC[C@@H](O)[C@@H](O)[C@@H]2O)[C@H]1O)c1ccc(O)cc1. The standard InChI is InChI=1S/C25H30O12/c26-15-8-6-14(7-9-15)23(32)37-22-19(29)17(12-35-24-20(30)18(28)16(27)11-34-24)36-25(21(22)31)33-10-13-4-2-1-3-5-13/h1-9,16-22,24-31H,10-12H2/t16-,17-,18-,19-,20+,21-,22+,24?,25-/m1/s1. The van der Waals surface area contributed by atoms with E-state index >= 15 is 0 Å². The van der Waals surface area contributed by atoms with E-state index in [9.17, 15) is 35.4 Å². The Morgan fingerprint density at radius 1 is 0.838 bits per heavy atom. The van der Waals surface area contributed by atoms with Crippen LogP contribution >= 0.6 is 0 Å². The van der Waals surface area contributed by atoms with Gasteiger partial charge in [0.15, 0.2) is 18.7 Å². The van der Waals surface area contributed by atoms with Crippen molar-refractivity contribution in [2.24, 2.45) is 0 Å². The number of hydrogen-bond donors (Lipinski definition) is 6. The van der Waals surface area contributed by atoms with Crippen LogP contribution in [-0.2, 0) is 30.3 Å². The van der Waals surface area contributed by atoms with Crippen molar-refractivity contribution in [3.8, 4) is 5.75 Å². The molecule has 0 radical (unpaired) electrons. The maximum atomic E-state index is 12.7. The van der Waals surface area contributed by atoms with Gasteiger partial charge in [-0.05, 0) is 29.8 Å². The van der Waals surface area contributed by atoms with E-state index < -0.39 is 67.9 Å². The molecule has 12 heteroatoms. The van der Waals surface area contributed by atoms with Crippen LogP contribution in [0.3, 0.4) is 0 Å². The molecule has 0 spiro atoms. The second-order valence-electron chi connectivity index (χ2n) is 8.82. The molecule has 0 aliphatic carbocycles. The highest BCUT2D eigenvalue weighted by atomic mass is 16.7. The quantitative estimate of drug-likeness (QED) is 0.234. The maximum absolute atomic E-state index is 12.7. The molecule has 0 amide bonds. The minimum Gasteiger partial charge on any atom is -0.508 e. The Hall–Kier alpha value is -2.65. The van der Waals surface area contributed by atoms with E-state index in [1.165, 1.54) is 24.3 Å². The molecule has 4 rings (SSSR count). The van der Waals surface area contributed by atoms with Crippen LogP contribution < -0.4 is 0 Å². The summed E-state index contributed by atoms with van der Waals surface area (Å²) in [6, 6.07) is 14.3. The van der Waals surface area contributed by atoms with Gasteiger partial charge in [-0.2, -0.15) is 0 Å². The molecule has 0 aromatic heterocycles. The van der Waals surface area contributed by atoms with Gasteiger partial charge in [0.25, 0.3) is 0 Å². The predicted octanol–water partition coefficient (Wildman–Crippen LogP) is -0.963. The lowest BCUT2D eigenvalue weighted by molar-refractivity contribution is -0.322. The number of phenols is 1. The summed E-state index contributed by atoms with van der Waals surface area (Å²) in [5.74, 6) is -0.923. The molecule has 2 heterocycles. The second-order valence-corrected chi connectivity index (χ2v) is 8.82. The van der Waals surface area contributed by atoms with E-state index in [1.54, 1.807) is 24.3 Å². The molecule has 2 aromatic carbocycles. The highest BCUT2D eigenvalue weighted by Gasteiger charge is 2.48. The molecule has 2 saturated heterocycles. The van der Waals surface area contributed by atoms with E-state index in [0.29, 0.717) is 0 Å². The predicted molar refractivity (Wildman–Crippen MR) is 123 cm³/mol. The lowest BCUT2D eigenvalue weighted by Gasteiger charge is -2.42. The Morgan fingerprint density at radius 3 is 2.24 bits per heavy atom. The minimum absolute atomic E-state index is 0.0411. The summed E-state index contributed by atoms with van der Waals surface area (Å²) in [5.41, 5.74) is 0.852. The number of aliphatic hydroxyl groups is 5. The minimum atomic E-state index is -1.58. The lowest BCUT2D eigenvalue weighted by atomic mass is 9.98. The van der Waals surface area contributed by atoms with Crippen molar-refractivity contribution in [2.75, 3.05) is 13.2 Å². The van der Waals surface area contributed by atoms with Gasteiger partial charge >= 0.3 is 5.97 Å². The van der Waals surface area contributed by atoms with Crippen LogP contribution in [0.15, 0.2) is 54.6 Å². The number of hydrogen-bond acceptors (Lipinski definition) is 12. The third kappa shape index (κ3) is 6.62. The van der Waals surface area contributed by atoms with Crippen LogP contribution in [-0.4, -0.2) is 105 Å². The van der Waals surface area contributed by atoms with Gasteiger partial charge in [0.05, 0.1) is 25.4 Å². The Balaban J connectivity index is 1.47. The number of carbonyl (C=O) groups excluding carboxylic acids is 1. The van der Waals surface area contributed by atoms with E-state index in [2.05, 4.69) is 0 Å². The van der Waals surface area contributed by atoms with E-state index in [0.717, 1.165) is 5.56 Å². The number of aromatic hydroxyl groups is 1. The van der Waals surface area contributed by atoms with Gasteiger partial charge in [-0.25, -0.2) is 4.79 Å². The third-order valence-corrected chi connectivity index (χ3v) is 6.12. The van der Waals surface area contributed by atoms with Crippen LogP contribution in [0.2, 0.25) is 0 Å². The van der Waals surface area contributed by atoms with E-state index in [4.69, 9.17) is 23.7 Å². The smallest absolute Gasteiger partial charge is 0.338 e. The third-order valence-electron chi connectivity index (χ3n) is 6.12. The van der Waals surface area contributed by atoms with E-state index in [1.807, 2.05) is 6.07 Å². The molecule has 2 aliphatic heterocycles. The van der Waals surface area contributed by atoms with Crippen LogP contribution in [0, 0.1) is 0 Å². The maximum Gasteiger partial charge on any atom is 0.338 e. The highest BCUT2D eigenvalue weighted by Crippen LogP contribution is 2.28. The Labute approximate surface area is 212 Å². The van der Waals surface area contributed by atoms with Crippen LogP contribution in [0.5, 0.6) is 5.75 Å². The van der Waals surface area contributed by atoms with Crippen molar-refractivity contribution in [3.05, 3.63) is 65.7 Å². The molecule has 0 bridgehead atoms. The molecule has 9 atom stereocenters. The van der Waals surface area contributed by atoms with Gasteiger partial charge in [-0.15, -0.1) is 0 Å². The topological polar surface area (TPSA) is 185 Å². The first-order valence-corrected chi connectivity index (χ1v) is 11.7. The fourth-order valence-electron chi connectivity index (χ4n) is 3.97. The van der Waals surface area contributed by atoms with Crippen molar-refractivity contribution < 1.29 is 59.1 Å². The summed E-state index contributed by atoms with van der Waals surface area (Å²) in [7, 11) is 0. The van der Waals surface area contributed by atoms with Crippen LogP contribution in [0.25, 0.3) is 0 Å². The fourth-order valence-corrected chi connectivity index (χ4v) is 3.97. The first kappa shape index (κ1) is 27.4. The van der Waals surface area contributed by atoms with E-state index in [-0.39, 0.29) is 24.5 Å². The molecule has 12 nitrogen and oxygen atoms in total. The second kappa shape index (κ2) is 12.3. The highest BCUT2D eigenvalue weighted by molar-refractivity contribution is 5.89. The largest absolute Gasteiger partial charge is 0.508 e. The molecule has 6 N–H and O–H groups in total. The number of phenolic OH excluding ortho intramolecular Hbond substituents is 1. The van der Waals surface area contributed by atoms with Crippen molar-refractivity contribution in [1.29, 1.82) is 0 Å². The molecule has 2 fully saturated rings. The van der Waals surface area contributed by atoms with Crippen molar-refractivity contribution in [2.45, 2.75) is 61.9 Å². The Kier molecular flexibility index (Phi) is 9.08. The normalized spacial score (nSPS) is 34.1. The zero-order valence-electron chi connectivity index (χ0n) is 19.6. The molecule has 37 heavy (non-hydrogen) atoms. The number of ether oxygens (including phenoxy) is 5. The fraction of sp³-hybridized carbons (Fsp3) is 0.480. The van der Waals surface area contributed by atoms with Gasteiger partial charge in [-0.3, -0.25) is 0 Å². The Bertz CT molecular complexity index is 1000. The van der Waals surface area contributed by atoms with Crippen LogP contribution in [0.1, 0.15) is 15.9 Å². The molecular weight excluding hydrogens is 492 g/mol. The molecule has 2 aromatic rings. The summed E-state index contributed by atoms with van der Waals surface area (Å²) in [6.45, 7) is -0.651. The molecule has 2 aliphatic rings. The summed E-state index contributed by atoms with van der Waals surface area (Å²) >= 11 is 0. The monoisotopic (exact) mass is 522 g/mol. The van der Waals surface area contributed by atoms with Gasteiger partial charge in [0.1, 0.15) is 42.4 Å². The zero-order chi connectivity index (χ0) is 26.5. The van der Waals surface area contributed by atoms with Gasteiger partial charge in [-0.1, -0.05) is 30.3 Å². The molecular formula is C25H30O12. The average Bonchev–Trinajstić information content (AvgIpc) is 2.90. The summed E-state index contributed by atoms with van der Waals surface area (Å²) in [4.78, 5) is 12.7. The zero-order valence-corrected chi connectivity index (χ0v) is 19.6. The first-order chi connectivity index (χ1) is 17.7. The number of esters is 1. The van der Waals surface area contributed by atoms with Crippen molar-refractivity contribution in [3.63, 3.8) is 0 Å². The molecule has 0 saturated carbocycles. The first-order valence-electron chi connectivity index (χ1n) is 11.7. The Morgan fingerprint density at radius 2 is 1.54 bits per heavy atom. The number of rotatable bonds is 8. The summed E-state index contributed by atoms with van der Waals surface area (Å²) in [5, 5.41) is 60.8. The average molecular weight is 523 g/mol. The van der Waals surface area contributed by atoms with Gasteiger partial charge in [0, 0.05) is 0 Å². The van der Waals surface area contributed by atoms with Gasteiger partial charge < -0.3 is 54.3 Å². The lowest BCUT2D eigenvalue weighted by Crippen LogP contribution is -2.61.